The summed E-state index contributed by atoms with van der Waals surface area (Å²) in [6.45, 7) is 30.8. The van der Waals surface area contributed by atoms with E-state index in [4.69, 9.17) is 0 Å². The topological polar surface area (TPSA) is 12.7 Å². The van der Waals surface area contributed by atoms with Gasteiger partial charge < -0.3 is 14.7 Å². The normalized spacial score (nSPS) is 14.9. The Morgan fingerprint density at radius 2 is 0.870 bits per heavy atom. The Kier molecular flexibility index (Phi) is 14.0. The van der Waals surface area contributed by atoms with Crippen molar-refractivity contribution in [3.05, 3.63) is 137 Å². The van der Waals surface area contributed by atoms with Crippen molar-refractivity contribution in [2.24, 2.45) is 5.41 Å². The van der Waals surface area contributed by atoms with Gasteiger partial charge in [-0.25, -0.2) is 4.58 Å². The number of hydrogen-bond acceptors (Lipinski definition) is 3. The van der Waals surface area contributed by atoms with Crippen LogP contribution in [0.4, 0.5) is 17.1 Å². The van der Waals surface area contributed by atoms with Crippen molar-refractivity contribution in [3.63, 3.8) is 0 Å². The summed E-state index contributed by atoms with van der Waals surface area (Å²) >= 11 is 0. The van der Waals surface area contributed by atoms with Gasteiger partial charge in [0.1, 0.15) is 13.1 Å². The number of rotatable bonds is 15. The first kappa shape index (κ1) is 40.6. The summed E-state index contributed by atoms with van der Waals surface area (Å²) in [5.74, 6) is 0. The third kappa shape index (κ3) is 9.20. The lowest BCUT2D eigenvalue weighted by Gasteiger charge is -2.35. The lowest BCUT2D eigenvalue weighted by Crippen LogP contribution is -2.22. The lowest BCUT2D eigenvalue weighted by atomic mass is 9.70. The molecule has 3 aromatic rings. The molecule has 0 saturated heterocycles. The van der Waals surface area contributed by atoms with E-state index in [-0.39, 0.29) is 5.41 Å². The van der Waals surface area contributed by atoms with Crippen LogP contribution in [0.2, 0.25) is 0 Å². The summed E-state index contributed by atoms with van der Waals surface area (Å²) < 4.78 is 2.43. The van der Waals surface area contributed by atoms with Crippen LogP contribution in [-0.4, -0.2) is 62.6 Å². The number of benzene rings is 3. The smallest absolute Gasteiger partial charge is 0.199 e. The third-order valence-electron chi connectivity index (χ3n) is 11.5. The first-order valence-electron chi connectivity index (χ1n) is 20.9. The average molecular weight is 724 g/mol. The van der Waals surface area contributed by atoms with Crippen LogP contribution in [0.5, 0.6) is 0 Å². The molecule has 0 aromatic heterocycles. The molecule has 0 saturated carbocycles. The lowest BCUT2D eigenvalue weighted by molar-refractivity contribution is -0.519. The summed E-state index contributed by atoms with van der Waals surface area (Å²) in [4.78, 5) is 7.28. The largest absolute Gasteiger partial charge is 0.372 e. The molecule has 0 N–H and O–H groups in total. The average Bonchev–Trinajstić information content (AvgIpc) is 3.19. The Morgan fingerprint density at radius 1 is 0.500 bits per heavy atom. The maximum absolute atomic E-state index is 2.56. The second-order valence-corrected chi connectivity index (χ2v) is 15.3. The molecule has 286 valence electrons. The van der Waals surface area contributed by atoms with E-state index in [0.717, 1.165) is 65.2 Å². The van der Waals surface area contributed by atoms with Crippen LogP contribution in [-0.2, 0) is 0 Å². The van der Waals surface area contributed by atoms with Crippen LogP contribution in [0.3, 0.4) is 0 Å². The first-order valence-corrected chi connectivity index (χ1v) is 20.9. The molecule has 4 nitrogen and oxygen atoms in total. The highest BCUT2D eigenvalue weighted by atomic mass is 15.1. The van der Waals surface area contributed by atoms with Gasteiger partial charge >= 0.3 is 0 Å². The van der Waals surface area contributed by atoms with E-state index in [2.05, 4.69) is 192 Å². The van der Waals surface area contributed by atoms with Gasteiger partial charge in [-0.15, -0.1) is 0 Å². The predicted molar refractivity (Wildman–Crippen MR) is 239 cm³/mol. The fraction of sp³-hybridized carbons (Fsp3) is 0.420. The van der Waals surface area contributed by atoms with Crippen LogP contribution in [0, 0.1) is 5.41 Å². The van der Waals surface area contributed by atoms with Crippen LogP contribution >= 0.6 is 0 Å². The molecule has 0 aliphatic heterocycles. The molecular formula is C50H67N4+. The fourth-order valence-electron chi connectivity index (χ4n) is 8.51. The predicted octanol–water partition coefficient (Wildman–Crippen LogP) is 11.8. The van der Waals surface area contributed by atoms with E-state index >= 15 is 0 Å². The third-order valence-corrected chi connectivity index (χ3v) is 11.5. The molecule has 0 unspecified atom stereocenters. The van der Waals surface area contributed by atoms with Gasteiger partial charge in [0.05, 0.1) is 0 Å². The Hall–Kier alpha value is -4.57. The van der Waals surface area contributed by atoms with Gasteiger partial charge in [0, 0.05) is 68.5 Å². The van der Waals surface area contributed by atoms with Gasteiger partial charge in [-0.3, -0.25) is 0 Å². The standard InChI is InChI=1S/C50H67N4/c1-11-51(12-2)44-27-19-38(20-28-44)48(39-21-29-45(30-22-39)52(13-3)14-4)42-35-43(37-50(9,10)36-42)49(40-23-31-46(32-24-40)53(15-5)16-6)41-25-33-47(34-26-41)54(17-7)18-8/h19-35H,11-18,36-37H2,1-10H3/q+1. The van der Waals surface area contributed by atoms with Crippen molar-refractivity contribution >= 4 is 33.9 Å². The Morgan fingerprint density at radius 3 is 1.22 bits per heavy atom. The number of allylic oxidation sites excluding steroid dienone is 9. The molecule has 54 heavy (non-hydrogen) atoms. The molecule has 0 spiro atoms. The molecule has 0 bridgehead atoms. The molecular weight excluding hydrogens is 657 g/mol. The van der Waals surface area contributed by atoms with Crippen LogP contribution < -0.4 is 14.7 Å². The monoisotopic (exact) mass is 724 g/mol. The molecule has 0 radical (unpaired) electrons. The second-order valence-electron chi connectivity index (χ2n) is 15.3. The minimum Gasteiger partial charge on any atom is -0.372 e. The van der Waals surface area contributed by atoms with Gasteiger partial charge in [-0.2, -0.15) is 0 Å². The van der Waals surface area contributed by atoms with Gasteiger partial charge in [-0.05, 0) is 167 Å². The van der Waals surface area contributed by atoms with Crippen molar-refractivity contribution in [1.29, 1.82) is 0 Å². The molecule has 5 rings (SSSR count). The van der Waals surface area contributed by atoms with E-state index in [1.165, 1.54) is 67.3 Å². The number of hydrogen-bond donors (Lipinski definition) is 0. The SMILES string of the molecule is CCN(CC)c1ccc(C(C2=CC(=C(c3ccc(N(CC)CC)cc3)c3ccc(N(CC)CC)cc3)CC(C)(C)C2)=C2C=CC(=[N+](CC)CC)C=C2)cc1. The van der Waals surface area contributed by atoms with E-state index in [9.17, 15) is 0 Å². The molecule has 0 amide bonds. The zero-order valence-corrected chi connectivity index (χ0v) is 35.2. The highest BCUT2D eigenvalue weighted by Gasteiger charge is 2.31. The maximum Gasteiger partial charge on any atom is 0.199 e. The van der Waals surface area contributed by atoms with Gasteiger partial charge in [0.2, 0.25) is 0 Å². The van der Waals surface area contributed by atoms with Crippen LogP contribution in [0.15, 0.2) is 120 Å². The van der Waals surface area contributed by atoms with E-state index in [0.29, 0.717) is 0 Å². The summed E-state index contributed by atoms with van der Waals surface area (Å²) in [5.41, 5.74) is 15.8. The highest BCUT2D eigenvalue weighted by Crippen LogP contribution is 2.47. The number of nitrogens with zero attached hydrogens (tertiary/aromatic N) is 4. The van der Waals surface area contributed by atoms with Crippen molar-refractivity contribution in [1.82, 2.24) is 0 Å². The number of anilines is 3. The van der Waals surface area contributed by atoms with Crippen LogP contribution in [0.25, 0.3) is 11.1 Å². The van der Waals surface area contributed by atoms with Crippen molar-refractivity contribution < 1.29 is 4.58 Å². The molecule has 2 aliphatic carbocycles. The highest BCUT2D eigenvalue weighted by molar-refractivity contribution is 6.04. The maximum atomic E-state index is 2.56. The van der Waals surface area contributed by atoms with Crippen molar-refractivity contribution in [2.45, 2.75) is 82.1 Å². The molecule has 3 aromatic carbocycles. The van der Waals surface area contributed by atoms with Crippen molar-refractivity contribution in [3.8, 4) is 0 Å². The van der Waals surface area contributed by atoms with Gasteiger partial charge in [0.15, 0.2) is 5.71 Å². The Labute approximate surface area is 328 Å². The Balaban J connectivity index is 1.76. The van der Waals surface area contributed by atoms with E-state index < -0.39 is 0 Å². The Bertz CT molecular complexity index is 1800. The fourth-order valence-corrected chi connectivity index (χ4v) is 8.51. The van der Waals surface area contributed by atoms with E-state index in [1.807, 2.05) is 0 Å². The molecule has 0 heterocycles. The summed E-state index contributed by atoms with van der Waals surface area (Å²) in [6.07, 6.45) is 13.9. The van der Waals surface area contributed by atoms with E-state index in [1.54, 1.807) is 0 Å². The minimum absolute atomic E-state index is 0.0700. The molecule has 0 fully saturated rings. The van der Waals surface area contributed by atoms with Gasteiger partial charge in [-0.1, -0.05) is 56.3 Å². The summed E-state index contributed by atoms with van der Waals surface area (Å²) in [6, 6.07) is 28.0. The second kappa shape index (κ2) is 18.7. The zero-order valence-electron chi connectivity index (χ0n) is 35.2. The quantitative estimate of drug-likeness (QED) is 0.145. The van der Waals surface area contributed by atoms with Crippen molar-refractivity contribution in [2.75, 3.05) is 67.1 Å². The molecule has 0 atom stereocenters. The molecule has 2 aliphatic rings. The zero-order chi connectivity index (χ0) is 38.8. The minimum atomic E-state index is 0.0700. The first-order chi connectivity index (χ1) is 26.1. The summed E-state index contributed by atoms with van der Waals surface area (Å²) in [7, 11) is 0. The van der Waals surface area contributed by atoms with Crippen LogP contribution in [0.1, 0.15) is 98.8 Å². The molecule has 4 heteroatoms. The summed E-state index contributed by atoms with van der Waals surface area (Å²) in [5, 5.41) is 0. The van der Waals surface area contributed by atoms with Gasteiger partial charge in [0.25, 0.3) is 0 Å².